The summed E-state index contributed by atoms with van der Waals surface area (Å²) in [5.41, 5.74) is 3.90. The van der Waals surface area contributed by atoms with Gasteiger partial charge in [-0.3, -0.25) is 0 Å². The van der Waals surface area contributed by atoms with Gasteiger partial charge in [-0.25, -0.2) is 14.5 Å². The molecule has 0 bridgehead atoms. The Labute approximate surface area is 192 Å². The fourth-order valence-electron chi connectivity index (χ4n) is 3.22. The van der Waals surface area contributed by atoms with E-state index in [-0.39, 0.29) is 0 Å². The average Bonchev–Trinajstić information content (AvgIpc) is 3.35. The van der Waals surface area contributed by atoms with Crippen molar-refractivity contribution in [2.75, 3.05) is 0 Å². The van der Waals surface area contributed by atoms with Crippen molar-refractivity contribution in [3.8, 4) is 27.6 Å². The third kappa shape index (κ3) is 3.55. The Kier molecular flexibility index (Phi) is 4.92. The minimum Gasteiger partial charge on any atom is -0.422 e. The maximum Gasteiger partial charge on any atom is 0.345 e. The largest absolute Gasteiger partial charge is 0.422 e. The van der Waals surface area contributed by atoms with Gasteiger partial charge in [0.15, 0.2) is 0 Å². The molecule has 0 amide bonds. The molecule has 0 atom stereocenters. The van der Waals surface area contributed by atoms with Crippen molar-refractivity contribution in [3.63, 3.8) is 0 Å². The summed E-state index contributed by atoms with van der Waals surface area (Å²) < 4.78 is 9.19. The van der Waals surface area contributed by atoms with E-state index < -0.39 is 5.63 Å². The lowest BCUT2D eigenvalue weighted by Gasteiger charge is -2.05. The van der Waals surface area contributed by atoms with E-state index in [9.17, 15) is 4.79 Å². The average molecular weight is 543 g/mol. The summed E-state index contributed by atoms with van der Waals surface area (Å²) in [5.74, 6) is 0. The Balaban J connectivity index is 1.64. The lowest BCUT2D eigenvalue weighted by Crippen LogP contribution is -2.07. The van der Waals surface area contributed by atoms with Gasteiger partial charge in [0.05, 0.1) is 22.6 Å². The summed E-state index contributed by atoms with van der Waals surface area (Å²) in [6, 6.07) is 17.2. The molecule has 0 N–H and O–H groups in total. The molecule has 0 fully saturated rings. The smallest absolute Gasteiger partial charge is 0.345 e. The molecule has 0 unspecified atom stereocenters. The fourth-order valence-corrected chi connectivity index (χ4v) is 4.66. The number of halogens is 2. The molecule has 5 aromatic rings. The first kappa shape index (κ1) is 19.4. The summed E-state index contributed by atoms with van der Waals surface area (Å²) in [7, 11) is 0. The standard InChI is InChI=1S/C22H13Br2N3O2S/c1-12-8-19(17-10-14-9-16(24)6-7-20(14)29-21(17)28)27(26-12)22-25-18(11-30-22)13-2-4-15(23)5-3-13/h2-11H,1H3. The van der Waals surface area contributed by atoms with Gasteiger partial charge in [0, 0.05) is 25.3 Å². The van der Waals surface area contributed by atoms with Crippen molar-refractivity contribution in [2.45, 2.75) is 6.92 Å². The number of aromatic nitrogens is 3. The van der Waals surface area contributed by atoms with Crippen LogP contribution in [-0.2, 0) is 0 Å². The van der Waals surface area contributed by atoms with Crippen molar-refractivity contribution >= 4 is 54.2 Å². The van der Waals surface area contributed by atoms with Crippen LogP contribution >= 0.6 is 43.2 Å². The normalized spacial score (nSPS) is 11.3. The molecule has 8 heteroatoms. The lowest BCUT2D eigenvalue weighted by molar-refractivity contribution is 0.562. The highest BCUT2D eigenvalue weighted by Gasteiger charge is 2.18. The van der Waals surface area contributed by atoms with E-state index in [1.54, 1.807) is 10.7 Å². The van der Waals surface area contributed by atoms with Gasteiger partial charge in [-0.15, -0.1) is 11.3 Å². The molecule has 0 saturated carbocycles. The highest BCUT2D eigenvalue weighted by molar-refractivity contribution is 9.10. The zero-order valence-corrected chi connectivity index (χ0v) is 19.6. The number of benzene rings is 2. The van der Waals surface area contributed by atoms with Crippen LogP contribution in [-0.4, -0.2) is 14.8 Å². The van der Waals surface area contributed by atoms with Gasteiger partial charge in [-0.05, 0) is 49.4 Å². The third-order valence-corrected chi connectivity index (χ3v) is 6.45. The van der Waals surface area contributed by atoms with E-state index in [0.29, 0.717) is 22.0 Å². The van der Waals surface area contributed by atoms with E-state index in [0.717, 1.165) is 31.3 Å². The van der Waals surface area contributed by atoms with Crippen molar-refractivity contribution in [1.29, 1.82) is 0 Å². The van der Waals surface area contributed by atoms with Gasteiger partial charge < -0.3 is 4.42 Å². The maximum absolute atomic E-state index is 12.7. The first-order chi connectivity index (χ1) is 14.5. The molecular formula is C22H13Br2N3O2S. The number of hydrogen-bond donors (Lipinski definition) is 0. The fraction of sp³-hybridized carbons (Fsp3) is 0.0455. The summed E-state index contributed by atoms with van der Waals surface area (Å²) in [6.07, 6.45) is 0. The number of nitrogens with zero attached hydrogens (tertiary/aromatic N) is 3. The van der Waals surface area contributed by atoms with Gasteiger partial charge in [-0.2, -0.15) is 5.10 Å². The van der Waals surface area contributed by atoms with Crippen molar-refractivity contribution in [2.24, 2.45) is 0 Å². The molecule has 3 aromatic heterocycles. The van der Waals surface area contributed by atoms with Crippen LogP contribution in [0.2, 0.25) is 0 Å². The monoisotopic (exact) mass is 541 g/mol. The number of rotatable bonds is 3. The second kappa shape index (κ2) is 7.61. The zero-order valence-electron chi connectivity index (χ0n) is 15.6. The number of thiazole rings is 1. The molecule has 0 saturated heterocycles. The maximum atomic E-state index is 12.7. The molecule has 5 rings (SSSR count). The van der Waals surface area contributed by atoms with Crippen LogP contribution in [0.4, 0.5) is 0 Å². The van der Waals surface area contributed by atoms with E-state index in [1.165, 1.54) is 11.3 Å². The highest BCUT2D eigenvalue weighted by Crippen LogP contribution is 2.30. The molecule has 0 radical (unpaired) electrons. The predicted molar refractivity (Wildman–Crippen MR) is 126 cm³/mol. The van der Waals surface area contributed by atoms with Crippen LogP contribution in [0.15, 0.2) is 78.1 Å². The van der Waals surface area contributed by atoms with Crippen LogP contribution in [0.5, 0.6) is 0 Å². The van der Waals surface area contributed by atoms with Gasteiger partial charge in [0.2, 0.25) is 5.13 Å². The minimum absolute atomic E-state index is 0.407. The number of fused-ring (bicyclic) bond motifs is 1. The third-order valence-electron chi connectivity index (χ3n) is 4.61. The summed E-state index contributed by atoms with van der Waals surface area (Å²) in [4.78, 5) is 17.5. The Morgan fingerprint density at radius 2 is 1.77 bits per heavy atom. The molecule has 0 spiro atoms. The van der Waals surface area contributed by atoms with Crippen molar-refractivity contribution in [1.82, 2.24) is 14.8 Å². The van der Waals surface area contributed by atoms with Crippen LogP contribution in [0, 0.1) is 6.92 Å². The molecule has 2 aromatic carbocycles. The van der Waals surface area contributed by atoms with Gasteiger partial charge in [0.25, 0.3) is 0 Å². The van der Waals surface area contributed by atoms with Crippen molar-refractivity contribution in [3.05, 3.63) is 85.0 Å². The summed E-state index contributed by atoms with van der Waals surface area (Å²) >= 11 is 8.39. The molecule has 148 valence electrons. The molecule has 0 aliphatic carbocycles. The Morgan fingerprint density at radius 3 is 2.57 bits per heavy atom. The van der Waals surface area contributed by atoms with Gasteiger partial charge in [-0.1, -0.05) is 44.0 Å². The van der Waals surface area contributed by atoms with Crippen LogP contribution in [0.3, 0.4) is 0 Å². The van der Waals surface area contributed by atoms with Crippen LogP contribution < -0.4 is 5.63 Å². The highest BCUT2D eigenvalue weighted by atomic mass is 79.9. The second-order valence-electron chi connectivity index (χ2n) is 6.73. The van der Waals surface area contributed by atoms with Gasteiger partial charge in [0.1, 0.15) is 5.58 Å². The van der Waals surface area contributed by atoms with Crippen LogP contribution in [0.25, 0.3) is 38.6 Å². The molecule has 5 nitrogen and oxygen atoms in total. The van der Waals surface area contributed by atoms with E-state index in [2.05, 4.69) is 37.0 Å². The molecule has 30 heavy (non-hydrogen) atoms. The predicted octanol–water partition coefficient (Wildman–Crippen LogP) is 6.60. The van der Waals surface area contributed by atoms with E-state index in [4.69, 9.17) is 9.40 Å². The molecule has 3 heterocycles. The summed E-state index contributed by atoms with van der Waals surface area (Å²) in [5, 5.41) is 8.09. The molecule has 0 aliphatic rings. The van der Waals surface area contributed by atoms with Crippen LogP contribution in [0.1, 0.15) is 5.69 Å². The Morgan fingerprint density at radius 1 is 1.00 bits per heavy atom. The number of hydrogen-bond acceptors (Lipinski definition) is 5. The SMILES string of the molecule is Cc1cc(-c2cc3cc(Br)ccc3oc2=O)n(-c2nc(-c3ccc(Br)cc3)cs2)n1. The van der Waals surface area contributed by atoms with E-state index >= 15 is 0 Å². The van der Waals surface area contributed by atoms with Crippen molar-refractivity contribution < 1.29 is 4.42 Å². The first-order valence-corrected chi connectivity index (χ1v) is 11.5. The summed E-state index contributed by atoms with van der Waals surface area (Å²) in [6.45, 7) is 1.89. The number of aryl methyl sites for hydroxylation is 1. The topological polar surface area (TPSA) is 60.9 Å². The van der Waals surface area contributed by atoms with Gasteiger partial charge >= 0.3 is 5.63 Å². The quantitative estimate of drug-likeness (QED) is 0.241. The lowest BCUT2D eigenvalue weighted by atomic mass is 10.1. The first-order valence-electron chi connectivity index (χ1n) is 9.00. The second-order valence-corrected chi connectivity index (χ2v) is 9.40. The zero-order chi connectivity index (χ0) is 20.8. The van der Waals surface area contributed by atoms with E-state index in [1.807, 2.05) is 60.8 Å². The Hall–Kier alpha value is -2.55. The minimum atomic E-state index is -0.407. The molecule has 0 aliphatic heterocycles. The Bertz CT molecular complexity index is 1450. The molecular weight excluding hydrogens is 530 g/mol.